The second kappa shape index (κ2) is 4.73. The first kappa shape index (κ1) is 11.2. The van der Waals surface area contributed by atoms with E-state index in [1.54, 1.807) is 0 Å². The molecule has 0 atom stereocenters. The number of nitrogens with zero attached hydrogens (tertiary/aromatic N) is 2. The van der Waals surface area contributed by atoms with Gasteiger partial charge >= 0.3 is 0 Å². The monoisotopic (exact) mass is 219 g/mol. The Bertz CT molecular complexity index is 341. The van der Waals surface area contributed by atoms with Gasteiger partial charge in [0.05, 0.1) is 0 Å². The number of hydrogen-bond acceptors (Lipinski definition) is 3. The third kappa shape index (κ3) is 2.46. The van der Waals surface area contributed by atoms with Gasteiger partial charge in [0, 0.05) is 13.1 Å². The molecule has 0 bridgehead atoms. The highest BCUT2D eigenvalue weighted by Gasteiger charge is 2.22. The number of hydrogen-bond donors (Lipinski definition) is 1. The van der Waals surface area contributed by atoms with E-state index in [1.807, 2.05) is 18.2 Å². The Balaban J connectivity index is 1.99. The Morgan fingerprint density at radius 3 is 2.56 bits per heavy atom. The molecule has 1 saturated heterocycles. The van der Waals surface area contributed by atoms with Crippen molar-refractivity contribution in [3.05, 3.63) is 18.2 Å². The fraction of sp³-hybridized carbons (Fsp3) is 0.615. The van der Waals surface area contributed by atoms with Crippen LogP contribution in [0.4, 0.5) is 11.6 Å². The van der Waals surface area contributed by atoms with Gasteiger partial charge in [0.1, 0.15) is 11.6 Å². The first-order chi connectivity index (χ1) is 7.66. The molecule has 3 heteroatoms. The standard InChI is InChI=1S/C13H21N3/c1-10(2)11-6-8-16(9-7-11)13-5-3-4-12(14)15-13/h3-5,10-11H,6-9H2,1-2H3,(H2,14,15). The Morgan fingerprint density at radius 1 is 1.31 bits per heavy atom. The molecule has 16 heavy (non-hydrogen) atoms. The summed E-state index contributed by atoms with van der Waals surface area (Å²) in [5.41, 5.74) is 5.70. The summed E-state index contributed by atoms with van der Waals surface area (Å²) >= 11 is 0. The first-order valence-electron chi connectivity index (χ1n) is 6.14. The lowest BCUT2D eigenvalue weighted by atomic mass is 9.87. The van der Waals surface area contributed by atoms with E-state index >= 15 is 0 Å². The van der Waals surface area contributed by atoms with Gasteiger partial charge in [-0.25, -0.2) is 4.98 Å². The Kier molecular flexibility index (Phi) is 3.32. The predicted octanol–water partition coefficient (Wildman–Crippen LogP) is 2.54. The summed E-state index contributed by atoms with van der Waals surface area (Å²) in [5.74, 6) is 3.32. The summed E-state index contributed by atoms with van der Waals surface area (Å²) in [6.07, 6.45) is 2.54. The summed E-state index contributed by atoms with van der Waals surface area (Å²) in [6.45, 7) is 6.86. The summed E-state index contributed by atoms with van der Waals surface area (Å²) in [6, 6.07) is 5.86. The maximum atomic E-state index is 5.70. The Hall–Kier alpha value is -1.25. The van der Waals surface area contributed by atoms with E-state index in [0.29, 0.717) is 5.82 Å². The van der Waals surface area contributed by atoms with Crippen LogP contribution in [0, 0.1) is 11.8 Å². The smallest absolute Gasteiger partial charge is 0.130 e. The Labute approximate surface area is 97.7 Å². The number of nitrogen functional groups attached to an aromatic ring is 1. The van der Waals surface area contributed by atoms with E-state index in [2.05, 4.69) is 23.7 Å². The molecule has 1 aromatic heterocycles. The molecule has 2 N–H and O–H groups in total. The van der Waals surface area contributed by atoms with E-state index in [-0.39, 0.29) is 0 Å². The van der Waals surface area contributed by atoms with E-state index in [0.717, 1.165) is 30.7 Å². The van der Waals surface area contributed by atoms with Crippen molar-refractivity contribution in [2.45, 2.75) is 26.7 Å². The van der Waals surface area contributed by atoms with Crippen molar-refractivity contribution in [1.82, 2.24) is 4.98 Å². The zero-order chi connectivity index (χ0) is 11.5. The molecule has 0 aromatic carbocycles. The molecule has 0 amide bonds. The lowest BCUT2D eigenvalue weighted by Crippen LogP contribution is -2.35. The quantitative estimate of drug-likeness (QED) is 0.831. The van der Waals surface area contributed by atoms with Crippen molar-refractivity contribution in [1.29, 1.82) is 0 Å². The van der Waals surface area contributed by atoms with Crippen molar-refractivity contribution in [3.8, 4) is 0 Å². The number of aromatic nitrogens is 1. The van der Waals surface area contributed by atoms with Crippen LogP contribution in [0.25, 0.3) is 0 Å². The van der Waals surface area contributed by atoms with Crippen LogP contribution in [-0.4, -0.2) is 18.1 Å². The van der Waals surface area contributed by atoms with Crippen LogP contribution in [0.5, 0.6) is 0 Å². The van der Waals surface area contributed by atoms with Crippen LogP contribution in [0.15, 0.2) is 18.2 Å². The van der Waals surface area contributed by atoms with E-state index < -0.39 is 0 Å². The van der Waals surface area contributed by atoms with Gasteiger partial charge in [0.25, 0.3) is 0 Å². The van der Waals surface area contributed by atoms with Gasteiger partial charge in [-0.2, -0.15) is 0 Å². The molecule has 88 valence electrons. The molecule has 1 aromatic rings. The molecule has 1 aliphatic heterocycles. The van der Waals surface area contributed by atoms with Crippen LogP contribution in [0.1, 0.15) is 26.7 Å². The highest BCUT2D eigenvalue weighted by Crippen LogP contribution is 2.26. The summed E-state index contributed by atoms with van der Waals surface area (Å²) in [5, 5.41) is 0. The topological polar surface area (TPSA) is 42.1 Å². The van der Waals surface area contributed by atoms with E-state index in [9.17, 15) is 0 Å². The molecule has 0 saturated carbocycles. The van der Waals surface area contributed by atoms with E-state index in [4.69, 9.17) is 5.73 Å². The van der Waals surface area contributed by atoms with Crippen molar-refractivity contribution < 1.29 is 0 Å². The number of pyridine rings is 1. The minimum Gasteiger partial charge on any atom is -0.384 e. The van der Waals surface area contributed by atoms with Crippen molar-refractivity contribution >= 4 is 11.6 Å². The minimum absolute atomic E-state index is 0.614. The molecule has 0 unspecified atom stereocenters. The predicted molar refractivity (Wildman–Crippen MR) is 68.4 cm³/mol. The molecule has 0 aliphatic carbocycles. The van der Waals surface area contributed by atoms with Gasteiger partial charge in [0.2, 0.25) is 0 Å². The second-order valence-corrected chi connectivity index (χ2v) is 4.99. The van der Waals surface area contributed by atoms with Crippen LogP contribution in [0.3, 0.4) is 0 Å². The largest absolute Gasteiger partial charge is 0.384 e. The first-order valence-corrected chi connectivity index (χ1v) is 6.14. The fourth-order valence-corrected chi connectivity index (χ4v) is 2.41. The van der Waals surface area contributed by atoms with Gasteiger partial charge in [-0.15, -0.1) is 0 Å². The molecular weight excluding hydrogens is 198 g/mol. The van der Waals surface area contributed by atoms with Gasteiger partial charge in [-0.3, -0.25) is 0 Å². The zero-order valence-electron chi connectivity index (χ0n) is 10.2. The Morgan fingerprint density at radius 2 is 2.00 bits per heavy atom. The van der Waals surface area contributed by atoms with Crippen molar-refractivity contribution in [2.75, 3.05) is 23.7 Å². The fourth-order valence-electron chi connectivity index (χ4n) is 2.41. The maximum Gasteiger partial charge on any atom is 0.130 e. The zero-order valence-corrected chi connectivity index (χ0v) is 10.2. The highest BCUT2D eigenvalue weighted by atomic mass is 15.2. The highest BCUT2D eigenvalue weighted by molar-refractivity contribution is 5.44. The number of anilines is 2. The summed E-state index contributed by atoms with van der Waals surface area (Å²) in [7, 11) is 0. The molecule has 3 nitrogen and oxygen atoms in total. The van der Waals surface area contributed by atoms with Gasteiger partial charge in [0.15, 0.2) is 0 Å². The average Bonchev–Trinajstić information content (AvgIpc) is 2.29. The maximum absolute atomic E-state index is 5.70. The molecule has 1 aliphatic rings. The number of piperidine rings is 1. The molecule has 0 radical (unpaired) electrons. The normalized spacial score (nSPS) is 18.1. The van der Waals surface area contributed by atoms with Gasteiger partial charge in [-0.05, 0) is 36.8 Å². The van der Waals surface area contributed by atoms with Crippen LogP contribution < -0.4 is 10.6 Å². The molecule has 1 fully saturated rings. The third-order valence-corrected chi connectivity index (χ3v) is 3.56. The van der Waals surface area contributed by atoms with Crippen LogP contribution in [-0.2, 0) is 0 Å². The molecule has 2 rings (SSSR count). The second-order valence-electron chi connectivity index (χ2n) is 4.99. The lowest BCUT2D eigenvalue weighted by molar-refractivity contribution is 0.311. The van der Waals surface area contributed by atoms with Crippen molar-refractivity contribution in [2.24, 2.45) is 11.8 Å². The molecular formula is C13H21N3. The SMILES string of the molecule is CC(C)C1CCN(c2cccc(N)n2)CC1. The average molecular weight is 219 g/mol. The van der Waals surface area contributed by atoms with Gasteiger partial charge in [-0.1, -0.05) is 19.9 Å². The van der Waals surface area contributed by atoms with Crippen molar-refractivity contribution in [3.63, 3.8) is 0 Å². The lowest BCUT2D eigenvalue weighted by Gasteiger charge is -2.34. The number of nitrogens with two attached hydrogens (primary N) is 1. The molecule has 2 heterocycles. The minimum atomic E-state index is 0.614. The van der Waals surface area contributed by atoms with E-state index in [1.165, 1.54) is 12.8 Å². The molecule has 0 spiro atoms. The van der Waals surface area contributed by atoms with Crippen LogP contribution in [0.2, 0.25) is 0 Å². The van der Waals surface area contributed by atoms with Crippen LogP contribution >= 0.6 is 0 Å². The summed E-state index contributed by atoms with van der Waals surface area (Å²) in [4.78, 5) is 6.71. The summed E-state index contributed by atoms with van der Waals surface area (Å²) < 4.78 is 0. The number of rotatable bonds is 2. The third-order valence-electron chi connectivity index (χ3n) is 3.56. The van der Waals surface area contributed by atoms with Gasteiger partial charge < -0.3 is 10.6 Å².